The average molecular weight is 262 g/mol. The van der Waals surface area contributed by atoms with Gasteiger partial charge in [-0.05, 0) is 26.0 Å². The summed E-state index contributed by atoms with van der Waals surface area (Å²) in [6.45, 7) is 4.08. The molecule has 0 unspecified atom stereocenters. The van der Waals surface area contributed by atoms with Crippen LogP contribution in [0.3, 0.4) is 0 Å². The minimum atomic E-state index is -1.41. The molecule has 1 aliphatic rings. The Morgan fingerprint density at radius 1 is 1.16 bits per heavy atom. The number of carbonyl (C=O) groups excluding carboxylic acids is 1. The van der Waals surface area contributed by atoms with E-state index in [1.807, 2.05) is 31.3 Å². The summed E-state index contributed by atoms with van der Waals surface area (Å²) >= 11 is 0. The molecule has 1 heterocycles. The summed E-state index contributed by atoms with van der Waals surface area (Å²) in [4.78, 5) is 27.3. The minimum Gasteiger partial charge on any atom is -0.480 e. The zero-order valence-corrected chi connectivity index (χ0v) is 11.4. The Kier molecular flexibility index (Phi) is 3.22. The van der Waals surface area contributed by atoms with Gasteiger partial charge in [0, 0.05) is 20.1 Å². The molecule has 1 aromatic rings. The summed E-state index contributed by atoms with van der Waals surface area (Å²) in [5, 5.41) is 9.18. The number of para-hydroxylation sites is 2. The number of carboxylic acid groups (broad SMARTS) is 1. The molecule has 0 saturated carbocycles. The predicted octanol–water partition coefficient (Wildman–Crippen LogP) is 1.58. The Morgan fingerprint density at radius 2 is 1.74 bits per heavy atom. The van der Waals surface area contributed by atoms with Crippen molar-refractivity contribution in [2.24, 2.45) is 5.41 Å². The van der Waals surface area contributed by atoms with Crippen LogP contribution in [0.2, 0.25) is 0 Å². The number of carbonyl (C=O) groups is 2. The number of amides is 1. The molecule has 1 aromatic carbocycles. The molecule has 0 bridgehead atoms. The molecule has 1 amide bonds. The maximum atomic E-state index is 12.5. The highest BCUT2D eigenvalue weighted by molar-refractivity contribution is 6.10. The number of nitrogens with zero attached hydrogens (tertiary/aromatic N) is 2. The molecule has 0 aromatic heterocycles. The van der Waals surface area contributed by atoms with Gasteiger partial charge in [0.15, 0.2) is 0 Å². The van der Waals surface area contributed by atoms with Gasteiger partial charge in [0.05, 0.1) is 11.4 Å². The van der Waals surface area contributed by atoms with Crippen molar-refractivity contribution in [2.45, 2.75) is 13.8 Å². The van der Waals surface area contributed by atoms with Gasteiger partial charge in [-0.2, -0.15) is 0 Å². The lowest BCUT2D eigenvalue weighted by Gasteiger charge is -2.38. The maximum absolute atomic E-state index is 12.5. The first kappa shape index (κ1) is 13.4. The van der Waals surface area contributed by atoms with Gasteiger partial charge in [0.25, 0.3) is 0 Å². The van der Waals surface area contributed by atoms with Crippen LogP contribution in [0, 0.1) is 5.41 Å². The Morgan fingerprint density at radius 3 is 2.32 bits per heavy atom. The number of benzene rings is 1. The number of likely N-dealkylation sites (N-methyl/N-ethyl adjacent to an activating group) is 1. The molecule has 0 radical (unpaired) electrons. The molecule has 5 nitrogen and oxygen atoms in total. The first-order valence-corrected chi connectivity index (χ1v) is 6.21. The Hall–Kier alpha value is -2.04. The van der Waals surface area contributed by atoms with Crippen molar-refractivity contribution in [2.75, 3.05) is 29.9 Å². The van der Waals surface area contributed by atoms with Crippen molar-refractivity contribution in [3.8, 4) is 0 Å². The Bertz CT molecular complexity index is 525. The third-order valence-electron chi connectivity index (χ3n) is 3.56. The van der Waals surface area contributed by atoms with Crippen LogP contribution >= 0.6 is 0 Å². The number of fused-ring (bicyclic) bond motifs is 1. The molecular formula is C14H18N2O3. The molecule has 0 atom stereocenters. The quantitative estimate of drug-likeness (QED) is 0.822. The molecule has 1 N–H and O–H groups in total. The molecule has 2 rings (SSSR count). The second-order valence-electron chi connectivity index (χ2n) is 5.30. The fourth-order valence-corrected chi connectivity index (χ4v) is 2.15. The van der Waals surface area contributed by atoms with Crippen LogP contribution in [0.4, 0.5) is 11.4 Å². The lowest BCUT2D eigenvalue weighted by atomic mass is 9.91. The standard InChI is InChI=1S/C14H18N2O3/c1-14(2,13(18)19)12(17)16-9-8-15(3)10-6-4-5-7-11(10)16/h4-7H,8-9H2,1-3H3,(H,18,19). The lowest BCUT2D eigenvalue weighted by Crippen LogP contribution is -2.50. The van der Waals surface area contributed by atoms with E-state index in [2.05, 4.69) is 4.90 Å². The zero-order valence-electron chi connectivity index (χ0n) is 11.4. The third-order valence-corrected chi connectivity index (χ3v) is 3.56. The third kappa shape index (κ3) is 2.16. The number of aliphatic carboxylic acids is 1. The van der Waals surface area contributed by atoms with Crippen LogP contribution < -0.4 is 9.80 Å². The van der Waals surface area contributed by atoms with Gasteiger partial charge < -0.3 is 14.9 Å². The zero-order chi connectivity index (χ0) is 14.2. The smallest absolute Gasteiger partial charge is 0.318 e. The molecule has 102 valence electrons. The van der Waals surface area contributed by atoms with Crippen LogP contribution in [0.25, 0.3) is 0 Å². The summed E-state index contributed by atoms with van der Waals surface area (Å²) in [7, 11) is 1.96. The first-order valence-electron chi connectivity index (χ1n) is 6.21. The van der Waals surface area contributed by atoms with Crippen molar-refractivity contribution in [3.63, 3.8) is 0 Å². The van der Waals surface area contributed by atoms with Gasteiger partial charge in [0.2, 0.25) is 5.91 Å². The van der Waals surface area contributed by atoms with E-state index in [1.54, 1.807) is 4.90 Å². The fourth-order valence-electron chi connectivity index (χ4n) is 2.15. The lowest BCUT2D eigenvalue weighted by molar-refractivity contribution is -0.152. The van der Waals surface area contributed by atoms with E-state index in [4.69, 9.17) is 0 Å². The van der Waals surface area contributed by atoms with E-state index < -0.39 is 11.4 Å². The van der Waals surface area contributed by atoms with Gasteiger partial charge in [-0.3, -0.25) is 9.59 Å². The van der Waals surface area contributed by atoms with E-state index >= 15 is 0 Å². The molecule has 0 aliphatic carbocycles. The van der Waals surface area contributed by atoms with Crippen LogP contribution in [-0.4, -0.2) is 37.1 Å². The van der Waals surface area contributed by atoms with Crippen molar-refractivity contribution in [1.82, 2.24) is 0 Å². The summed E-state index contributed by atoms with van der Waals surface area (Å²) in [6.07, 6.45) is 0. The maximum Gasteiger partial charge on any atom is 0.318 e. The summed E-state index contributed by atoms with van der Waals surface area (Å²) in [6, 6.07) is 7.54. The largest absolute Gasteiger partial charge is 0.480 e. The van der Waals surface area contributed by atoms with Crippen LogP contribution in [0.5, 0.6) is 0 Å². The van der Waals surface area contributed by atoms with Crippen LogP contribution in [0.1, 0.15) is 13.8 Å². The van der Waals surface area contributed by atoms with E-state index in [1.165, 1.54) is 13.8 Å². The Labute approximate surface area is 112 Å². The molecule has 0 spiro atoms. The van der Waals surface area contributed by atoms with Crippen LogP contribution in [0.15, 0.2) is 24.3 Å². The van der Waals surface area contributed by atoms with Gasteiger partial charge in [-0.1, -0.05) is 12.1 Å². The van der Waals surface area contributed by atoms with Gasteiger partial charge >= 0.3 is 5.97 Å². The molecule has 19 heavy (non-hydrogen) atoms. The second-order valence-corrected chi connectivity index (χ2v) is 5.30. The van der Waals surface area contributed by atoms with E-state index in [0.717, 1.165) is 11.4 Å². The molecule has 5 heteroatoms. The van der Waals surface area contributed by atoms with E-state index in [0.29, 0.717) is 13.1 Å². The van der Waals surface area contributed by atoms with Crippen molar-refractivity contribution < 1.29 is 14.7 Å². The van der Waals surface area contributed by atoms with Gasteiger partial charge in [-0.25, -0.2) is 0 Å². The highest BCUT2D eigenvalue weighted by Crippen LogP contribution is 2.34. The minimum absolute atomic E-state index is 0.374. The monoisotopic (exact) mass is 262 g/mol. The fraction of sp³-hybridized carbons (Fsp3) is 0.429. The highest BCUT2D eigenvalue weighted by Gasteiger charge is 2.41. The van der Waals surface area contributed by atoms with Crippen molar-refractivity contribution in [1.29, 1.82) is 0 Å². The summed E-state index contributed by atoms with van der Waals surface area (Å²) in [5.74, 6) is -1.48. The number of anilines is 2. The van der Waals surface area contributed by atoms with E-state index in [9.17, 15) is 14.7 Å². The number of rotatable bonds is 2. The van der Waals surface area contributed by atoms with Gasteiger partial charge in [0.1, 0.15) is 5.41 Å². The Balaban J connectivity index is 2.41. The van der Waals surface area contributed by atoms with Crippen LogP contribution in [-0.2, 0) is 9.59 Å². The van der Waals surface area contributed by atoms with Crippen molar-refractivity contribution >= 4 is 23.3 Å². The van der Waals surface area contributed by atoms with E-state index in [-0.39, 0.29) is 5.91 Å². The number of hydrogen-bond donors (Lipinski definition) is 1. The second kappa shape index (κ2) is 4.57. The highest BCUT2D eigenvalue weighted by atomic mass is 16.4. The van der Waals surface area contributed by atoms with Gasteiger partial charge in [-0.15, -0.1) is 0 Å². The molecule has 0 saturated heterocycles. The number of hydrogen-bond acceptors (Lipinski definition) is 3. The molecular weight excluding hydrogens is 244 g/mol. The summed E-state index contributed by atoms with van der Waals surface area (Å²) < 4.78 is 0. The normalized spacial score (nSPS) is 15.1. The topological polar surface area (TPSA) is 60.9 Å². The average Bonchev–Trinajstić information content (AvgIpc) is 2.38. The SMILES string of the molecule is CN1CCN(C(=O)C(C)(C)C(=O)O)c2ccccc21. The first-order chi connectivity index (χ1) is 8.85. The number of carboxylic acids is 1. The predicted molar refractivity (Wildman–Crippen MR) is 73.5 cm³/mol. The van der Waals surface area contributed by atoms with Crippen molar-refractivity contribution in [3.05, 3.63) is 24.3 Å². The molecule has 1 aliphatic heterocycles. The summed E-state index contributed by atoms with van der Waals surface area (Å²) in [5.41, 5.74) is 0.308. The molecule has 0 fully saturated rings.